The van der Waals surface area contributed by atoms with Crippen LogP contribution in [0.15, 0.2) is 30.3 Å². The smallest absolute Gasteiger partial charge is 0.262 e. The van der Waals surface area contributed by atoms with Gasteiger partial charge in [0.15, 0.2) is 6.61 Å². The molecule has 0 spiro atoms. The van der Waals surface area contributed by atoms with Gasteiger partial charge in [0.1, 0.15) is 5.75 Å². The van der Waals surface area contributed by atoms with Gasteiger partial charge in [-0.15, -0.1) is 11.3 Å². The zero-order chi connectivity index (χ0) is 19.0. The monoisotopic (exact) mass is 385 g/mol. The minimum absolute atomic E-state index is 0.00877. The van der Waals surface area contributed by atoms with Crippen LogP contribution in [-0.2, 0) is 16.0 Å². The summed E-state index contributed by atoms with van der Waals surface area (Å²) in [6.45, 7) is 0.701. The fraction of sp³-hybridized carbons (Fsp3) is 0.316. The predicted molar refractivity (Wildman–Crippen MR) is 101 cm³/mol. The van der Waals surface area contributed by atoms with Crippen LogP contribution < -0.4 is 15.8 Å². The van der Waals surface area contributed by atoms with Gasteiger partial charge in [0.2, 0.25) is 5.91 Å². The number of amides is 3. The maximum atomic E-state index is 12.9. The Morgan fingerprint density at radius 1 is 1.30 bits per heavy atom. The first-order valence-corrected chi connectivity index (χ1v) is 9.57. The van der Waals surface area contributed by atoms with Gasteiger partial charge in [-0.1, -0.05) is 6.07 Å². The molecule has 1 aromatic heterocycles. The molecule has 2 aromatic rings. The van der Waals surface area contributed by atoms with Gasteiger partial charge in [0.25, 0.3) is 11.8 Å². The minimum atomic E-state index is -0.444. The molecule has 2 aliphatic heterocycles. The number of thiophene rings is 1. The molecule has 0 unspecified atom stereocenters. The lowest BCUT2D eigenvalue weighted by Gasteiger charge is -2.24. The number of nitrogens with one attached hydrogen (secondary N) is 1. The standard InChI is InChI=1S/C19H19N3O4S/c20-19(25)16-6-5-15(27-16)13-2-1-7-22(13)18(24)9-11-3-4-14-12(8-11)21-17(23)10-26-14/h3-6,8,13H,1-2,7,9-10H2,(H2,20,25)(H,21,23)/t13-/m0/s1. The molecule has 8 heteroatoms. The van der Waals surface area contributed by atoms with Crippen molar-refractivity contribution in [2.45, 2.75) is 25.3 Å². The molecule has 0 bridgehead atoms. The van der Waals surface area contributed by atoms with E-state index in [-0.39, 0.29) is 30.9 Å². The van der Waals surface area contributed by atoms with Gasteiger partial charge in [-0.05, 0) is 42.7 Å². The van der Waals surface area contributed by atoms with Gasteiger partial charge in [-0.2, -0.15) is 0 Å². The largest absolute Gasteiger partial charge is 0.482 e. The number of hydrogen-bond donors (Lipinski definition) is 2. The van der Waals surface area contributed by atoms with Crippen LogP contribution >= 0.6 is 11.3 Å². The topological polar surface area (TPSA) is 102 Å². The Labute approximate surface area is 160 Å². The molecule has 140 valence electrons. The molecule has 3 amide bonds. The van der Waals surface area contributed by atoms with Gasteiger partial charge in [0.05, 0.1) is 23.0 Å². The molecule has 27 heavy (non-hydrogen) atoms. The molecule has 1 fully saturated rings. The van der Waals surface area contributed by atoms with Crippen molar-refractivity contribution >= 4 is 34.7 Å². The minimum Gasteiger partial charge on any atom is -0.482 e. The molecule has 1 saturated heterocycles. The Balaban J connectivity index is 1.49. The van der Waals surface area contributed by atoms with Crippen molar-refractivity contribution in [2.24, 2.45) is 5.73 Å². The third-order valence-corrected chi connectivity index (χ3v) is 6.00. The van der Waals surface area contributed by atoms with Gasteiger partial charge >= 0.3 is 0 Å². The summed E-state index contributed by atoms with van der Waals surface area (Å²) >= 11 is 1.35. The molecule has 0 radical (unpaired) electrons. The van der Waals surface area contributed by atoms with E-state index in [1.165, 1.54) is 11.3 Å². The van der Waals surface area contributed by atoms with Gasteiger partial charge in [-0.25, -0.2) is 0 Å². The number of carbonyl (C=O) groups excluding carboxylic acids is 3. The number of hydrogen-bond acceptors (Lipinski definition) is 5. The number of rotatable bonds is 4. The average Bonchev–Trinajstić information content (AvgIpc) is 3.30. The Hall–Kier alpha value is -2.87. The molecule has 3 N–H and O–H groups in total. The lowest BCUT2D eigenvalue weighted by molar-refractivity contribution is -0.131. The second-order valence-corrected chi connectivity index (χ2v) is 7.77. The second kappa shape index (κ2) is 7.03. The highest BCUT2D eigenvalue weighted by atomic mass is 32.1. The van der Waals surface area contributed by atoms with E-state index in [9.17, 15) is 14.4 Å². The number of benzene rings is 1. The van der Waals surface area contributed by atoms with E-state index in [2.05, 4.69) is 5.32 Å². The Bertz CT molecular complexity index is 923. The molecular formula is C19H19N3O4S. The summed E-state index contributed by atoms with van der Waals surface area (Å²) in [5.41, 5.74) is 6.75. The molecule has 0 saturated carbocycles. The lowest BCUT2D eigenvalue weighted by atomic mass is 10.1. The van der Waals surface area contributed by atoms with Crippen LogP contribution in [0.3, 0.4) is 0 Å². The van der Waals surface area contributed by atoms with E-state index < -0.39 is 5.91 Å². The predicted octanol–water partition coefficient (Wildman–Crippen LogP) is 2.08. The van der Waals surface area contributed by atoms with E-state index in [1.54, 1.807) is 18.2 Å². The molecule has 4 rings (SSSR count). The van der Waals surface area contributed by atoms with E-state index >= 15 is 0 Å². The van der Waals surface area contributed by atoms with E-state index in [4.69, 9.17) is 10.5 Å². The lowest BCUT2D eigenvalue weighted by Crippen LogP contribution is -2.31. The van der Waals surface area contributed by atoms with Gasteiger partial charge in [-0.3, -0.25) is 14.4 Å². The van der Waals surface area contributed by atoms with Crippen molar-refractivity contribution in [3.05, 3.63) is 45.6 Å². The number of likely N-dealkylation sites (tertiary alicyclic amines) is 1. The average molecular weight is 385 g/mol. The number of fused-ring (bicyclic) bond motifs is 1. The maximum absolute atomic E-state index is 12.9. The molecule has 0 aliphatic carbocycles. The van der Waals surface area contributed by atoms with Crippen molar-refractivity contribution in [1.82, 2.24) is 4.90 Å². The molecule has 1 aromatic carbocycles. The SMILES string of the molecule is NC(=O)c1ccc([C@@H]2CCCN2C(=O)Cc2ccc3c(c2)NC(=O)CO3)s1. The Morgan fingerprint density at radius 3 is 2.93 bits per heavy atom. The van der Waals surface area contributed by atoms with E-state index in [1.807, 2.05) is 17.0 Å². The molecule has 2 aliphatic rings. The van der Waals surface area contributed by atoms with Crippen molar-refractivity contribution in [1.29, 1.82) is 0 Å². The zero-order valence-corrected chi connectivity index (χ0v) is 15.4. The Morgan fingerprint density at radius 2 is 2.15 bits per heavy atom. The highest BCUT2D eigenvalue weighted by Crippen LogP contribution is 2.36. The summed E-state index contributed by atoms with van der Waals surface area (Å²) < 4.78 is 5.35. The molecule has 7 nitrogen and oxygen atoms in total. The normalized spacial score (nSPS) is 18.6. The van der Waals surface area contributed by atoms with E-state index in [0.29, 0.717) is 22.9 Å². The maximum Gasteiger partial charge on any atom is 0.262 e. The summed E-state index contributed by atoms with van der Waals surface area (Å²) in [7, 11) is 0. The van der Waals surface area contributed by atoms with Crippen molar-refractivity contribution in [2.75, 3.05) is 18.5 Å². The van der Waals surface area contributed by atoms with Crippen LogP contribution in [0.5, 0.6) is 5.75 Å². The third kappa shape index (κ3) is 3.52. The first-order chi connectivity index (χ1) is 13.0. The molecular weight excluding hydrogens is 366 g/mol. The number of primary amides is 1. The number of nitrogens with zero attached hydrogens (tertiary/aromatic N) is 1. The first-order valence-electron chi connectivity index (χ1n) is 8.76. The number of ether oxygens (including phenoxy) is 1. The third-order valence-electron chi connectivity index (χ3n) is 4.80. The van der Waals surface area contributed by atoms with Crippen LogP contribution in [0.4, 0.5) is 5.69 Å². The zero-order valence-electron chi connectivity index (χ0n) is 14.6. The summed E-state index contributed by atoms with van der Waals surface area (Å²) in [4.78, 5) is 39.1. The summed E-state index contributed by atoms with van der Waals surface area (Å²) in [6.07, 6.45) is 2.04. The summed E-state index contributed by atoms with van der Waals surface area (Å²) in [5.74, 6) is -0.00840. The quantitative estimate of drug-likeness (QED) is 0.841. The van der Waals surface area contributed by atoms with Crippen LogP contribution in [-0.4, -0.2) is 35.8 Å². The highest BCUT2D eigenvalue weighted by Gasteiger charge is 2.31. The van der Waals surface area contributed by atoms with Crippen molar-refractivity contribution in [3.8, 4) is 5.75 Å². The summed E-state index contributed by atoms with van der Waals surface area (Å²) in [5, 5.41) is 2.76. The van der Waals surface area contributed by atoms with Gasteiger partial charge in [0, 0.05) is 11.4 Å². The van der Waals surface area contributed by atoms with E-state index in [0.717, 1.165) is 23.3 Å². The van der Waals surface area contributed by atoms with Gasteiger partial charge < -0.3 is 20.7 Å². The second-order valence-electron chi connectivity index (χ2n) is 6.66. The van der Waals surface area contributed by atoms with Crippen LogP contribution in [0.1, 0.15) is 39.0 Å². The van der Waals surface area contributed by atoms with Crippen LogP contribution in [0, 0.1) is 0 Å². The van der Waals surface area contributed by atoms with Crippen LogP contribution in [0.2, 0.25) is 0 Å². The molecule has 1 atom stereocenters. The number of carbonyl (C=O) groups is 3. The van der Waals surface area contributed by atoms with Crippen molar-refractivity contribution in [3.63, 3.8) is 0 Å². The Kier molecular flexibility index (Phi) is 4.57. The number of nitrogens with two attached hydrogens (primary N) is 1. The summed E-state index contributed by atoms with van der Waals surface area (Å²) in [6, 6.07) is 8.98. The first kappa shape index (κ1) is 17.5. The highest BCUT2D eigenvalue weighted by molar-refractivity contribution is 7.14. The fourth-order valence-electron chi connectivity index (χ4n) is 3.54. The van der Waals surface area contributed by atoms with Crippen molar-refractivity contribution < 1.29 is 19.1 Å². The number of anilines is 1. The fourth-order valence-corrected chi connectivity index (χ4v) is 4.55. The van der Waals surface area contributed by atoms with Crippen LogP contribution in [0.25, 0.3) is 0 Å². The molecule has 3 heterocycles.